The van der Waals surface area contributed by atoms with Crippen LogP contribution in [-0.4, -0.2) is 30.1 Å². The molecule has 3 nitrogen and oxygen atoms in total. The number of nitrogens with two attached hydrogens (primary N) is 1. The highest BCUT2D eigenvalue weighted by atomic mass is 19.1. The number of benzene rings is 1. The molecule has 0 unspecified atom stereocenters. The number of halogens is 1. The van der Waals surface area contributed by atoms with Gasteiger partial charge in [-0.3, -0.25) is 0 Å². The highest BCUT2D eigenvalue weighted by Gasteiger charge is 2.39. The minimum atomic E-state index is -0.400. The van der Waals surface area contributed by atoms with Crippen LogP contribution in [0.3, 0.4) is 0 Å². The first-order valence-corrected chi connectivity index (χ1v) is 6.57. The highest BCUT2D eigenvalue weighted by Crippen LogP contribution is 2.36. The molecule has 1 aromatic rings. The van der Waals surface area contributed by atoms with Gasteiger partial charge in [0.2, 0.25) is 0 Å². The molecular weight excluding hydrogens is 231 g/mol. The van der Waals surface area contributed by atoms with Gasteiger partial charge in [0.05, 0.1) is 5.69 Å². The number of fused-ring (bicyclic) bond motifs is 2. The molecule has 2 aliphatic rings. The first kappa shape index (κ1) is 11.8. The number of rotatable bonds is 2. The summed E-state index contributed by atoms with van der Waals surface area (Å²) >= 11 is 0. The van der Waals surface area contributed by atoms with Gasteiger partial charge in [0.1, 0.15) is 17.7 Å². The van der Waals surface area contributed by atoms with Crippen molar-refractivity contribution in [2.75, 3.05) is 12.8 Å². The third-order valence-corrected chi connectivity index (χ3v) is 4.33. The molecule has 0 aromatic heterocycles. The van der Waals surface area contributed by atoms with Crippen LogP contribution in [0.15, 0.2) is 18.2 Å². The van der Waals surface area contributed by atoms with Crippen LogP contribution in [0.25, 0.3) is 0 Å². The molecule has 2 saturated heterocycles. The third kappa shape index (κ3) is 2.05. The summed E-state index contributed by atoms with van der Waals surface area (Å²) in [7, 11) is 2.20. The maximum atomic E-state index is 13.3. The van der Waals surface area contributed by atoms with E-state index in [9.17, 15) is 4.39 Å². The lowest BCUT2D eigenvalue weighted by Crippen LogP contribution is -2.43. The van der Waals surface area contributed by atoms with E-state index in [1.807, 2.05) is 0 Å². The van der Waals surface area contributed by atoms with Crippen LogP contribution in [0, 0.1) is 5.82 Å². The maximum absolute atomic E-state index is 13.3. The molecule has 0 aliphatic carbocycles. The fourth-order valence-electron chi connectivity index (χ4n) is 3.23. The van der Waals surface area contributed by atoms with E-state index in [0.717, 1.165) is 12.8 Å². The van der Waals surface area contributed by atoms with Crippen LogP contribution >= 0.6 is 0 Å². The van der Waals surface area contributed by atoms with Crippen molar-refractivity contribution in [2.45, 2.75) is 43.9 Å². The molecule has 0 amide bonds. The lowest BCUT2D eigenvalue weighted by molar-refractivity contribution is 0.0660. The van der Waals surface area contributed by atoms with Crippen LogP contribution < -0.4 is 10.5 Å². The number of ether oxygens (including phenoxy) is 1. The van der Waals surface area contributed by atoms with E-state index in [0.29, 0.717) is 17.8 Å². The Morgan fingerprint density at radius 1 is 1.28 bits per heavy atom. The molecule has 0 spiro atoms. The van der Waals surface area contributed by atoms with Gasteiger partial charge in [-0.15, -0.1) is 0 Å². The number of hydrogen-bond donors (Lipinski definition) is 1. The molecule has 2 aliphatic heterocycles. The Labute approximate surface area is 107 Å². The summed E-state index contributed by atoms with van der Waals surface area (Å²) in [6, 6.07) is 5.96. The fraction of sp³-hybridized carbons (Fsp3) is 0.571. The lowest BCUT2D eigenvalue weighted by Gasteiger charge is -2.36. The van der Waals surface area contributed by atoms with E-state index in [1.54, 1.807) is 12.1 Å². The summed E-state index contributed by atoms with van der Waals surface area (Å²) in [5.41, 5.74) is 5.63. The summed E-state index contributed by atoms with van der Waals surface area (Å²) in [5, 5.41) is 0. The number of nitrogens with zero attached hydrogens (tertiary/aromatic N) is 1. The van der Waals surface area contributed by atoms with E-state index in [1.165, 1.54) is 18.9 Å². The second-order valence-corrected chi connectivity index (χ2v) is 5.45. The van der Waals surface area contributed by atoms with Gasteiger partial charge in [-0.25, -0.2) is 4.39 Å². The van der Waals surface area contributed by atoms with Crippen molar-refractivity contribution in [3.05, 3.63) is 24.0 Å². The molecular formula is C14H19FN2O. The Bertz CT molecular complexity index is 437. The lowest BCUT2D eigenvalue weighted by atomic mass is 10.0. The third-order valence-electron chi connectivity index (χ3n) is 4.33. The van der Waals surface area contributed by atoms with Crippen molar-refractivity contribution in [3.63, 3.8) is 0 Å². The van der Waals surface area contributed by atoms with E-state index >= 15 is 0 Å². The summed E-state index contributed by atoms with van der Waals surface area (Å²) in [4.78, 5) is 2.46. The van der Waals surface area contributed by atoms with Gasteiger partial charge in [-0.05, 0) is 44.9 Å². The fourth-order valence-corrected chi connectivity index (χ4v) is 3.23. The van der Waals surface area contributed by atoms with Gasteiger partial charge in [0.15, 0.2) is 0 Å². The zero-order valence-electron chi connectivity index (χ0n) is 10.6. The topological polar surface area (TPSA) is 38.5 Å². The average molecular weight is 250 g/mol. The maximum Gasteiger partial charge on any atom is 0.149 e. The van der Waals surface area contributed by atoms with Crippen LogP contribution in [0.5, 0.6) is 5.75 Å². The largest absolute Gasteiger partial charge is 0.490 e. The Morgan fingerprint density at radius 2 is 1.94 bits per heavy atom. The summed E-state index contributed by atoms with van der Waals surface area (Å²) in [6.07, 6.45) is 4.81. The van der Waals surface area contributed by atoms with Crippen molar-refractivity contribution in [2.24, 2.45) is 0 Å². The quantitative estimate of drug-likeness (QED) is 0.819. The molecule has 18 heavy (non-hydrogen) atoms. The minimum Gasteiger partial charge on any atom is -0.490 e. The monoisotopic (exact) mass is 250 g/mol. The standard InChI is InChI=1S/C14H19FN2O/c1-17-9-2-3-10(17)7-12(6-9)18-11-4-5-14(16)13(15)8-11/h4-5,8-10,12H,2-3,6-7,16H2,1H3/t9-,10+,12-. The minimum absolute atomic E-state index is 0.172. The van der Waals surface area contributed by atoms with Gasteiger partial charge in [0, 0.05) is 18.2 Å². The molecule has 2 heterocycles. The van der Waals surface area contributed by atoms with Crippen molar-refractivity contribution >= 4 is 5.69 Å². The molecule has 1 aromatic carbocycles. The van der Waals surface area contributed by atoms with Gasteiger partial charge in [-0.2, -0.15) is 0 Å². The number of nitrogen functional groups attached to an aromatic ring is 1. The number of hydrogen-bond acceptors (Lipinski definition) is 3. The Morgan fingerprint density at radius 3 is 2.56 bits per heavy atom. The van der Waals surface area contributed by atoms with Crippen molar-refractivity contribution < 1.29 is 9.13 Å². The molecule has 0 radical (unpaired) electrons. The van der Waals surface area contributed by atoms with E-state index in [4.69, 9.17) is 10.5 Å². The highest BCUT2D eigenvalue weighted by molar-refractivity contribution is 5.43. The van der Waals surface area contributed by atoms with E-state index < -0.39 is 5.82 Å². The summed E-state index contributed by atoms with van der Waals surface area (Å²) in [6.45, 7) is 0. The van der Waals surface area contributed by atoms with Gasteiger partial charge in [0.25, 0.3) is 0 Å². The van der Waals surface area contributed by atoms with Crippen LogP contribution in [0.2, 0.25) is 0 Å². The van der Waals surface area contributed by atoms with Crippen molar-refractivity contribution in [1.29, 1.82) is 0 Å². The predicted octanol–water partition coefficient (Wildman–Crippen LogP) is 2.41. The molecule has 98 valence electrons. The first-order chi connectivity index (χ1) is 8.63. The first-order valence-electron chi connectivity index (χ1n) is 6.57. The van der Waals surface area contributed by atoms with Gasteiger partial charge >= 0.3 is 0 Å². The molecule has 3 rings (SSSR count). The normalized spacial score (nSPS) is 31.6. The smallest absolute Gasteiger partial charge is 0.149 e. The van der Waals surface area contributed by atoms with Crippen LogP contribution in [0.4, 0.5) is 10.1 Å². The SMILES string of the molecule is CN1[C@@H]2CC[C@H]1C[C@H](Oc1ccc(N)c(F)c1)C2. The van der Waals surface area contributed by atoms with Gasteiger partial charge < -0.3 is 15.4 Å². The summed E-state index contributed by atoms with van der Waals surface area (Å²) < 4.78 is 19.2. The van der Waals surface area contributed by atoms with Crippen molar-refractivity contribution in [1.82, 2.24) is 4.90 Å². The molecule has 2 bridgehead atoms. The number of anilines is 1. The van der Waals surface area contributed by atoms with E-state index in [-0.39, 0.29) is 11.8 Å². The molecule has 2 fully saturated rings. The van der Waals surface area contributed by atoms with Gasteiger partial charge in [-0.1, -0.05) is 0 Å². The molecule has 4 heteroatoms. The molecule has 3 atom stereocenters. The zero-order valence-corrected chi connectivity index (χ0v) is 10.6. The number of piperidine rings is 1. The summed E-state index contributed by atoms with van der Waals surface area (Å²) in [5.74, 6) is 0.194. The van der Waals surface area contributed by atoms with Crippen LogP contribution in [0.1, 0.15) is 25.7 Å². The Hall–Kier alpha value is -1.29. The molecule has 2 N–H and O–H groups in total. The average Bonchev–Trinajstić information content (AvgIpc) is 2.58. The van der Waals surface area contributed by atoms with E-state index in [2.05, 4.69) is 11.9 Å². The predicted molar refractivity (Wildman–Crippen MR) is 69.0 cm³/mol. The molecule has 0 saturated carbocycles. The Kier molecular flexibility index (Phi) is 2.90. The Balaban J connectivity index is 1.68. The van der Waals surface area contributed by atoms with Crippen molar-refractivity contribution in [3.8, 4) is 5.75 Å². The zero-order chi connectivity index (χ0) is 12.7. The second-order valence-electron chi connectivity index (χ2n) is 5.45. The van der Waals surface area contributed by atoms with Crippen LogP contribution in [-0.2, 0) is 0 Å². The second kappa shape index (κ2) is 4.43.